The topological polar surface area (TPSA) is 118 Å². The molecule has 1 aromatic heterocycles. The van der Waals surface area contributed by atoms with Crippen LogP contribution in [0.25, 0.3) is 10.8 Å². The van der Waals surface area contributed by atoms with Crippen molar-refractivity contribution in [3.8, 4) is 5.75 Å². The van der Waals surface area contributed by atoms with Gasteiger partial charge in [0.05, 0.1) is 29.8 Å². The van der Waals surface area contributed by atoms with Crippen LogP contribution in [0.5, 0.6) is 5.75 Å². The van der Waals surface area contributed by atoms with Gasteiger partial charge in [0.15, 0.2) is 9.84 Å². The van der Waals surface area contributed by atoms with E-state index in [2.05, 4.69) is 15.5 Å². The number of para-hydroxylation sites is 1. The fourth-order valence-electron chi connectivity index (χ4n) is 3.20. The zero-order valence-corrected chi connectivity index (χ0v) is 15.5. The van der Waals surface area contributed by atoms with Crippen molar-refractivity contribution in [1.82, 2.24) is 15.5 Å². The Kier molecular flexibility index (Phi) is 4.60. The zero-order chi connectivity index (χ0) is 19.7. The van der Waals surface area contributed by atoms with Gasteiger partial charge in [-0.1, -0.05) is 30.3 Å². The summed E-state index contributed by atoms with van der Waals surface area (Å²) in [6, 6.07) is 13.3. The lowest BCUT2D eigenvalue weighted by molar-refractivity contribution is -0.120. The van der Waals surface area contributed by atoms with E-state index in [-0.39, 0.29) is 35.1 Å². The highest BCUT2D eigenvalue weighted by molar-refractivity contribution is 7.91. The quantitative estimate of drug-likeness (QED) is 0.671. The van der Waals surface area contributed by atoms with Crippen molar-refractivity contribution >= 4 is 26.5 Å². The first-order valence-corrected chi connectivity index (χ1v) is 10.3. The Bertz CT molecular complexity index is 1220. The highest BCUT2D eigenvalue weighted by atomic mass is 32.2. The molecule has 144 valence electrons. The first-order valence-electron chi connectivity index (χ1n) is 8.65. The Hall–Kier alpha value is -3.20. The second-order valence-electron chi connectivity index (χ2n) is 6.49. The highest BCUT2D eigenvalue weighted by Crippen LogP contribution is 2.30. The van der Waals surface area contributed by atoms with Crippen molar-refractivity contribution in [3.05, 3.63) is 64.6 Å². The number of hydrogen-bond acceptors (Lipinski definition) is 6. The minimum absolute atomic E-state index is 0.0483. The normalized spacial score (nSPS) is 17.5. The van der Waals surface area contributed by atoms with Crippen LogP contribution in [0.3, 0.4) is 0 Å². The SMILES string of the molecule is O=C(Cc1n[nH]c(=O)c2ccccc12)NCC1CS(=O)(=O)c2ccccc2O1. The lowest BCUT2D eigenvalue weighted by Crippen LogP contribution is -2.42. The first kappa shape index (κ1) is 18.2. The smallest absolute Gasteiger partial charge is 0.272 e. The summed E-state index contributed by atoms with van der Waals surface area (Å²) in [5.74, 6) is -0.254. The molecule has 1 unspecified atom stereocenters. The summed E-state index contributed by atoms with van der Waals surface area (Å²) in [5, 5.41) is 10.1. The Morgan fingerprint density at radius 2 is 1.86 bits per heavy atom. The fourth-order valence-corrected chi connectivity index (χ4v) is 4.77. The van der Waals surface area contributed by atoms with E-state index in [0.717, 1.165) is 0 Å². The van der Waals surface area contributed by atoms with Gasteiger partial charge in [-0.3, -0.25) is 9.59 Å². The molecule has 0 spiro atoms. The maximum atomic E-state index is 12.4. The number of aromatic nitrogens is 2. The van der Waals surface area contributed by atoms with E-state index >= 15 is 0 Å². The summed E-state index contributed by atoms with van der Waals surface area (Å²) >= 11 is 0. The third-order valence-corrected chi connectivity index (χ3v) is 6.33. The zero-order valence-electron chi connectivity index (χ0n) is 14.7. The lowest BCUT2D eigenvalue weighted by atomic mass is 10.1. The van der Waals surface area contributed by atoms with Crippen LogP contribution in [-0.2, 0) is 21.1 Å². The molecule has 4 rings (SSSR count). The molecule has 1 atom stereocenters. The number of carbonyl (C=O) groups is 1. The van der Waals surface area contributed by atoms with Crippen LogP contribution in [0.2, 0.25) is 0 Å². The summed E-state index contributed by atoms with van der Waals surface area (Å²) in [4.78, 5) is 24.3. The van der Waals surface area contributed by atoms with Gasteiger partial charge in [-0.2, -0.15) is 5.10 Å². The molecule has 1 aliphatic rings. The van der Waals surface area contributed by atoms with E-state index in [1.54, 1.807) is 42.5 Å². The number of rotatable bonds is 4. The van der Waals surface area contributed by atoms with E-state index < -0.39 is 15.9 Å². The number of amides is 1. The van der Waals surface area contributed by atoms with Crippen LogP contribution in [0.1, 0.15) is 5.69 Å². The maximum Gasteiger partial charge on any atom is 0.272 e. The maximum absolute atomic E-state index is 12.4. The standard InChI is InChI=1S/C19H17N3O5S/c23-18(9-15-13-5-1-2-6-14(13)19(24)22-21-15)20-10-12-11-28(25,26)17-8-4-3-7-16(17)27-12/h1-8,12H,9-11H2,(H,20,23)(H,22,24). The molecule has 0 fully saturated rings. The van der Waals surface area contributed by atoms with Crippen molar-refractivity contribution < 1.29 is 17.9 Å². The summed E-state index contributed by atoms with van der Waals surface area (Å²) in [6.45, 7) is 0.0493. The van der Waals surface area contributed by atoms with Gasteiger partial charge in [0, 0.05) is 5.39 Å². The van der Waals surface area contributed by atoms with Crippen LogP contribution in [0, 0.1) is 0 Å². The van der Waals surface area contributed by atoms with Gasteiger partial charge in [-0.15, -0.1) is 0 Å². The molecule has 28 heavy (non-hydrogen) atoms. The number of hydrogen-bond donors (Lipinski definition) is 2. The van der Waals surface area contributed by atoms with Gasteiger partial charge in [0.2, 0.25) is 5.91 Å². The van der Waals surface area contributed by atoms with Crippen molar-refractivity contribution in [3.63, 3.8) is 0 Å². The molecule has 0 saturated heterocycles. The number of benzene rings is 2. The summed E-state index contributed by atoms with van der Waals surface area (Å²) in [7, 11) is -3.46. The second-order valence-corrected chi connectivity index (χ2v) is 8.50. The van der Waals surface area contributed by atoms with Crippen molar-refractivity contribution in [2.45, 2.75) is 17.4 Å². The Morgan fingerprint density at radius 1 is 1.14 bits per heavy atom. The molecule has 8 nitrogen and oxygen atoms in total. The molecule has 2 heterocycles. The minimum Gasteiger partial charge on any atom is -0.486 e. The fraction of sp³-hybridized carbons (Fsp3) is 0.211. The van der Waals surface area contributed by atoms with Gasteiger partial charge >= 0.3 is 0 Å². The number of carbonyl (C=O) groups excluding carboxylic acids is 1. The van der Waals surface area contributed by atoms with Gasteiger partial charge in [-0.05, 0) is 18.2 Å². The summed E-state index contributed by atoms with van der Waals surface area (Å²) in [5.41, 5.74) is 0.120. The molecule has 0 aliphatic carbocycles. The largest absolute Gasteiger partial charge is 0.486 e. The van der Waals surface area contributed by atoms with Gasteiger partial charge in [0.1, 0.15) is 16.7 Å². The Morgan fingerprint density at radius 3 is 2.68 bits per heavy atom. The van der Waals surface area contributed by atoms with Crippen LogP contribution in [-0.4, -0.2) is 42.9 Å². The molecule has 0 radical (unpaired) electrons. The summed E-state index contributed by atoms with van der Waals surface area (Å²) < 4.78 is 30.4. The predicted octanol–water partition coefficient (Wildman–Crippen LogP) is 0.817. The second kappa shape index (κ2) is 7.08. The number of fused-ring (bicyclic) bond motifs is 2. The number of aromatic amines is 1. The van der Waals surface area contributed by atoms with Gasteiger partial charge in [0.25, 0.3) is 5.56 Å². The average Bonchev–Trinajstić information content (AvgIpc) is 2.68. The molecular weight excluding hydrogens is 382 g/mol. The van der Waals surface area contributed by atoms with E-state index in [4.69, 9.17) is 4.74 Å². The molecule has 0 bridgehead atoms. The minimum atomic E-state index is -3.46. The van der Waals surface area contributed by atoms with E-state index in [1.165, 1.54) is 6.07 Å². The molecule has 2 N–H and O–H groups in total. The van der Waals surface area contributed by atoms with Crippen LogP contribution < -0.4 is 15.6 Å². The molecule has 9 heteroatoms. The molecule has 1 aliphatic heterocycles. The van der Waals surface area contributed by atoms with Crippen LogP contribution in [0.15, 0.2) is 58.2 Å². The number of nitrogens with zero attached hydrogens (tertiary/aromatic N) is 1. The first-order chi connectivity index (χ1) is 13.4. The Labute approximate surface area is 160 Å². The molecule has 3 aromatic rings. The Balaban J connectivity index is 1.45. The number of H-pyrrole nitrogens is 1. The van der Waals surface area contributed by atoms with Crippen LogP contribution in [0.4, 0.5) is 0 Å². The monoisotopic (exact) mass is 399 g/mol. The predicted molar refractivity (Wildman–Crippen MR) is 102 cm³/mol. The highest BCUT2D eigenvalue weighted by Gasteiger charge is 2.31. The van der Waals surface area contributed by atoms with Crippen molar-refractivity contribution in [2.24, 2.45) is 0 Å². The number of nitrogens with one attached hydrogen (secondary N) is 2. The van der Waals surface area contributed by atoms with Crippen LogP contribution >= 0.6 is 0 Å². The number of sulfone groups is 1. The molecule has 1 amide bonds. The van der Waals surface area contributed by atoms with Gasteiger partial charge in [-0.25, -0.2) is 13.5 Å². The third kappa shape index (κ3) is 3.48. The lowest BCUT2D eigenvalue weighted by Gasteiger charge is -2.26. The molecule has 0 saturated carbocycles. The van der Waals surface area contributed by atoms with Gasteiger partial charge < -0.3 is 10.1 Å². The molecular formula is C19H17N3O5S. The molecule has 2 aromatic carbocycles. The third-order valence-electron chi connectivity index (χ3n) is 4.51. The number of ether oxygens (including phenoxy) is 1. The van der Waals surface area contributed by atoms with E-state index in [9.17, 15) is 18.0 Å². The van der Waals surface area contributed by atoms with Crippen molar-refractivity contribution in [2.75, 3.05) is 12.3 Å². The van der Waals surface area contributed by atoms with Crippen molar-refractivity contribution in [1.29, 1.82) is 0 Å². The van der Waals surface area contributed by atoms with E-state index in [0.29, 0.717) is 22.2 Å². The summed E-state index contributed by atoms with van der Waals surface area (Å²) in [6.07, 6.45) is -0.725. The average molecular weight is 399 g/mol. The van der Waals surface area contributed by atoms with E-state index in [1.807, 2.05) is 0 Å².